The van der Waals surface area contributed by atoms with Gasteiger partial charge in [0.15, 0.2) is 9.84 Å². The molecule has 0 amide bonds. The van der Waals surface area contributed by atoms with Crippen molar-refractivity contribution in [3.63, 3.8) is 0 Å². The second-order valence-corrected chi connectivity index (χ2v) is 5.90. The quantitative estimate of drug-likeness (QED) is 0.907. The van der Waals surface area contributed by atoms with Crippen molar-refractivity contribution in [3.05, 3.63) is 29.0 Å². The summed E-state index contributed by atoms with van der Waals surface area (Å²) >= 11 is 5.81. The van der Waals surface area contributed by atoms with Gasteiger partial charge < -0.3 is 9.52 Å². The van der Waals surface area contributed by atoms with Gasteiger partial charge in [-0.2, -0.15) is 0 Å². The fraction of sp³-hybridized carbons (Fsp3) is 0.100. The zero-order valence-electron chi connectivity index (χ0n) is 8.60. The van der Waals surface area contributed by atoms with Crippen molar-refractivity contribution in [2.24, 2.45) is 0 Å². The second-order valence-electron chi connectivity index (χ2n) is 3.51. The molecule has 1 heterocycles. The highest BCUT2D eigenvalue weighted by molar-refractivity contribution is 7.90. The maximum absolute atomic E-state index is 11.4. The summed E-state index contributed by atoms with van der Waals surface area (Å²) in [4.78, 5) is 10.6. The molecule has 0 saturated heterocycles. The number of halogens is 1. The number of rotatable bonds is 2. The molecule has 90 valence electrons. The second kappa shape index (κ2) is 3.75. The molecule has 0 fully saturated rings. The Kier molecular flexibility index (Phi) is 2.63. The number of carboxylic acids is 1. The first-order valence-corrected chi connectivity index (χ1v) is 6.72. The van der Waals surface area contributed by atoms with E-state index in [1.807, 2.05) is 0 Å². The third kappa shape index (κ3) is 2.13. The van der Waals surface area contributed by atoms with Crippen LogP contribution >= 0.6 is 11.6 Å². The summed E-state index contributed by atoms with van der Waals surface area (Å²) in [7, 11) is -3.48. The number of carboxylic acid groups (broad SMARTS) is 1. The highest BCUT2D eigenvalue weighted by Crippen LogP contribution is 2.29. The summed E-state index contributed by atoms with van der Waals surface area (Å²) < 4.78 is 27.8. The lowest BCUT2D eigenvalue weighted by Gasteiger charge is -2.00. The van der Waals surface area contributed by atoms with Gasteiger partial charge in [-0.3, -0.25) is 0 Å². The third-order valence-electron chi connectivity index (χ3n) is 2.18. The van der Waals surface area contributed by atoms with Gasteiger partial charge >= 0.3 is 5.97 Å². The molecule has 0 radical (unpaired) electrons. The molecule has 0 bridgehead atoms. The van der Waals surface area contributed by atoms with Crippen LogP contribution in [0.1, 0.15) is 10.6 Å². The average Bonchev–Trinajstić information content (AvgIpc) is 2.57. The number of hydrogen-bond acceptors (Lipinski definition) is 4. The van der Waals surface area contributed by atoms with Crippen molar-refractivity contribution in [1.82, 2.24) is 0 Å². The summed E-state index contributed by atoms with van der Waals surface area (Å²) in [5.74, 6) is -1.49. The van der Waals surface area contributed by atoms with Gasteiger partial charge in [0.1, 0.15) is 5.58 Å². The SMILES string of the molecule is CS(=O)(=O)c1cc2oc(C(=O)O)cc2cc1Cl. The van der Waals surface area contributed by atoms with E-state index in [2.05, 4.69) is 0 Å². The van der Waals surface area contributed by atoms with Crippen LogP contribution in [0.3, 0.4) is 0 Å². The van der Waals surface area contributed by atoms with Crippen LogP contribution in [0.4, 0.5) is 0 Å². The number of fused-ring (bicyclic) bond motifs is 1. The van der Waals surface area contributed by atoms with Crippen molar-refractivity contribution < 1.29 is 22.7 Å². The molecule has 0 spiro atoms. The van der Waals surface area contributed by atoms with Crippen LogP contribution in [0, 0.1) is 0 Å². The molecular weight excluding hydrogens is 268 g/mol. The van der Waals surface area contributed by atoms with E-state index >= 15 is 0 Å². The zero-order valence-corrected chi connectivity index (χ0v) is 10.2. The fourth-order valence-corrected chi connectivity index (χ4v) is 2.76. The minimum absolute atomic E-state index is 0.0396. The zero-order chi connectivity index (χ0) is 12.8. The number of hydrogen-bond donors (Lipinski definition) is 1. The molecule has 0 aliphatic heterocycles. The van der Waals surface area contributed by atoms with E-state index < -0.39 is 15.8 Å². The van der Waals surface area contributed by atoms with Gasteiger partial charge in [0.05, 0.1) is 9.92 Å². The normalized spacial score (nSPS) is 11.9. The van der Waals surface area contributed by atoms with E-state index in [1.165, 1.54) is 18.2 Å². The first kappa shape index (κ1) is 11.9. The van der Waals surface area contributed by atoms with E-state index in [-0.39, 0.29) is 21.3 Å². The molecule has 1 N–H and O–H groups in total. The monoisotopic (exact) mass is 274 g/mol. The Morgan fingerprint density at radius 1 is 1.35 bits per heavy atom. The van der Waals surface area contributed by atoms with Crippen molar-refractivity contribution in [2.45, 2.75) is 4.90 Å². The standard InChI is InChI=1S/C10H7ClO5S/c1-17(14,15)9-4-7-5(2-6(9)11)3-8(16-7)10(12)13/h2-4H,1H3,(H,12,13). The molecule has 2 rings (SSSR count). The predicted octanol–water partition coefficient (Wildman–Crippen LogP) is 2.19. The van der Waals surface area contributed by atoms with Crippen LogP contribution < -0.4 is 0 Å². The summed E-state index contributed by atoms with van der Waals surface area (Å²) in [6.07, 6.45) is 1.01. The van der Waals surface area contributed by atoms with Crippen LogP contribution in [0.25, 0.3) is 11.0 Å². The van der Waals surface area contributed by atoms with Crippen LogP contribution in [-0.2, 0) is 9.84 Å². The molecule has 0 aliphatic carbocycles. The lowest BCUT2D eigenvalue weighted by Crippen LogP contribution is -1.97. The van der Waals surface area contributed by atoms with Crippen LogP contribution in [-0.4, -0.2) is 25.7 Å². The molecule has 0 atom stereocenters. The van der Waals surface area contributed by atoms with Crippen molar-refractivity contribution in [2.75, 3.05) is 6.26 Å². The number of carbonyl (C=O) groups is 1. The van der Waals surface area contributed by atoms with Gasteiger partial charge in [0, 0.05) is 17.7 Å². The fourth-order valence-electron chi connectivity index (χ4n) is 1.43. The lowest BCUT2D eigenvalue weighted by atomic mass is 10.2. The summed E-state index contributed by atoms with van der Waals surface area (Å²) in [6, 6.07) is 3.87. The number of sulfone groups is 1. The van der Waals surface area contributed by atoms with Crippen molar-refractivity contribution in [3.8, 4) is 0 Å². The summed E-state index contributed by atoms with van der Waals surface area (Å²) in [5, 5.41) is 9.22. The van der Waals surface area contributed by atoms with Gasteiger partial charge in [-0.1, -0.05) is 11.6 Å². The topological polar surface area (TPSA) is 84.6 Å². The summed E-state index contributed by atoms with van der Waals surface area (Å²) in [5.41, 5.74) is 0.173. The van der Waals surface area contributed by atoms with E-state index in [4.69, 9.17) is 21.1 Å². The van der Waals surface area contributed by atoms with E-state index in [0.29, 0.717) is 5.39 Å². The van der Waals surface area contributed by atoms with E-state index in [0.717, 1.165) is 6.26 Å². The maximum atomic E-state index is 11.4. The van der Waals surface area contributed by atoms with Crippen LogP contribution in [0.15, 0.2) is 27.5 Å². The first-order valence-electron chi connectivity index (χ1n) is 4.45. The van der Waals surface area contributed by atoms with Crippen LogP contribution in [0.2, 0.25) is 5.02 Å². The third-order valence-corrected chi connectivity index (χ3v) is 3.74. The van der Waals surface area contributed by atoms with Gasteiger partial charge in [-0.15, -0.1) is 0 Å². The highest BCUT2D eigenvalue weighted by Gasteiger charge is 2.17. The minimum Gasteiger partial charge on any atom is -0.475 e. The molecule has 0 saturated carbocycles. The molecule has 0 unspecified atom stereocenters. The molecular formula is C10H7ClO5S. The number of aromatic carboxylic acids is 1. The van der Waals surface area contributed by atoms with Crippen molar-refractivity contribution >= 4 is 38.4 Å². The number of benzene rings is 1. The molecule has 17 heavy (non-hydrogen) atoms. The molecule has 1 aromatic heterocycles. The Balaban J connectivity index is 2.77. The van der Waals surface area contributed by atoms with Crippen molar-refractivity contribution in [1.29, 1.82) is 0 Å². The van der Waals surface area contributed by atoms with Gasteiger partial charge in [0.25, 0.3) is 0 Å². The predicted molar refractivity (Wildman–Crippen MR) is 61.3 cm³/mol. The Hall–Kier alpha value is -1.53. The van der Waals surface area contributed by atoms with Gasteiger partial charge in [-0.05, 0) is 12.1 Å². The first-order chi connectivity index (χ1) is 7.79. The molecule has 7 heteroatoms. The lowest BCUT2D eigenvalue weighted by molar-refractivity contribution is 0.0665. The Morgan fingerprint density at radius 2 is 2.00 bits per heavy atom. The largest absolute Gasteiger partial charge is 0.475 e. The Labute approximate surface area is 102 Å². The molecule has 2 aromatic rings. The van der Waals surface area contributed by atoms with Gasteiger partial charge in [0.2, 0.25) is 5.76 Å². The molecule has 0 aliphatic rings. The average molecular weight is 275 g/mol. The smallest absolute Gasteiger partial charge is 0.371 e. The highest BCUT2D eigenvalue weighted by atomic mass is 35.5. The van der Waals surface area contributed by atoms with E-state index in [1.54, 1.807) is 0 Å². The number of furan rings is 1. The summed E-state index contributed by atoms with van der Waals surface area (Å²) in [6.45, 7) is 0. The van der Waals surface area contributed by atoms with E-state index in [9.17, 15) is 13.2 Å². The minimum atomic E-state index is -3.48. The Bertz CT molecular complexity index is 714. The maximum Gasteiger partial charge on any atom is 0.371 e. The van der Waals surface area contributed by atoms with Crippen LogP contribution in [0.5, 0.6) is 0 Å². The molecule has 5 nitrogen and oxygen atoms in total. The van der Waals surface area contributed by atoms with Gasteiger partial charge in [-0.25, -0.2) is 13.2 Å². The molecule has 1 aromatic carbocycles. The Morgan fingerprint density at radius 3 is 2.53 bits per heavy atom.